The number of para-hydroxylation sites is 1. The van der Waals surface area contributed by atoms with Crippen LogP contribution in [0.5, 0.6) is 5.75 Å². The lowest BCUT2D eigenvalue weighted by atomic mass is 10.1. The lowest BCUT2D eigenvalue weighted by Crippen LogP contribution is -2.37. The van der Waals surface area contributed by atoms with Crippen LogP contribution in [0.15, 0.2) is 61.1 Å². The van der Waals surface area contributed by atoms with Crippen LogP contribution in [0, 0.1) is 0 Å². The number of fused-ring (bicyclic) bond motifs is 1. The molecule has 4 heterocycles. The summed E-state index contributed by atoms with van der Waals surface area (Å²) in [4.78, 5) is 25.1. The molecule has 8 N–H and O–H groups in total. The van der Waals surface area contributed by atoms with E-state index in [0.717, 1.165) is 0 Å². The number of amides is 1. The summed E-state index contributed by atoms with van der Waals surface area (Å²) in [6.45, 7) is -0.779. The van der Waals surface area contributed by atoms with Crippen LogP contribution < -0.4 is 16.2 Å². The van der Waals surface area contributed by atoms with E-state index in [9.17, 15) is 28.5 Å². The molecule has 6 rings (SSSR count). The Morgan fingerprint density at radius 1 is 1.09 bits per heavy atom. The second-order valence-electron chi connectivity index (χ2n) is 9.64. The molecule has 1 aliphatic heterocycles. The molecule has 1 saturated heterocycles. The van der Waals surface area contributed by atoms with Gasteiger partial charge in [-0.05, 0) is 24.3 Å². The maximum atomic E-state index is 12.4. The van der Waals surface area contributed by atoms with Crippen molar-refractivity contribution in [3.63, 3.8) is 0 Å². The number of aliphatic hydroxyl groups is 2. The van der Waals surface area contributed by atoms with E-state index in [0.29, 0.717) is 16.9 Å². The van der Waals surface area contributed by atoms with Crippen molar-refractivity contribution in [3.8, 4) is 23.0 Å². The molecule has 0 radical (unpaired) electrons. The van der Waals surface area contributed by atoms with Crippen LogP contribution >= 0.6 is 0 Å². The minimum absolute atomic E-state index is 0.0126. The fourth-order valence-corrected chi connectivity index (χ4v) is 5.23. The molecule has 0 spiro atoms. The number of phenolic OH excluding ortho intramolecular Hbond substituents is 1. The number of nitrogens with one attached hydrogen (secondary N) is 1. The molecular weight excluding hydrogens is 600 g/mol. The average Bonchev–Trinajstić information content (AvgIpc) is 3.71. The van der Waals surface area contributed by atoms with Crippen molar-refractivity contribution in [2.24, 2.45) is 0 Å². The van der Waals surface area contributed by atoms with E-state index in [1.165, 1.54) is 39.8 Å². The number of ether oxygens (including phenoxy) is 1. The molecular formula is C25H24N10O8S. The molecule has 0 saturated carbocycles. The number of rotatable bonds is 8. The Balaban J connectivity index is 1.20. The maximum absolute atomic E-state index is 12.4. The van der Waals surface area contributed by atoms with Gasteiger partial charge in [0.25, 0.3) is 11.9 Å². The average molecular weight is 625 g/mol. The molecule has 1 aliphatic rings. The Bertz CT molecular complexity index is 1980. The van der Waals surface area contributed by atoms with E-state index in [4.69, 9.17) is 20.4 Å². The van der Waals surface area contributed by atoms with E-state index < -0.39 is 53.1 Å². The van der Waals surface area contributed by atoms with Crippen LogP contribution in [0.4, 0.5) is 11.5 Å². The molecule has 228 valence electrons. The van der Waals surface area contributed by atoms with Gasteiger partial charge < -0.3 is 31.5 Å². The van der Waals surface area contributed by atoms with Crippen LogP contribution in [-0.4, -0.2) is 89.1 Å². The third-order valence-electron chi connectivity index (χ3n) is 6.68. The first-order chi connectivity index (χ1) is 21.0. The van der Waals surface area contributed by atoms with Crippen molar-refractivity contribution in [2.75, 3.05) is 18.1 Å². The van der Waals surface area contributed by atoms with Crippen molar-refractivity contribution < 1.29 is 37.5 Å². The number of hydrogen-bond acceptors (Lipinski definition) is 15. The Hall–Kier alpha value is -5.21. The second kappa shape index (κ2) is 11.1. The van der Waals surface area contributed by atoms with E-state index in [1.54, 1.807) is 35.2 Å². The predicted octanol–water partition coefficient (Wildman–Crippen LogP) is -0.745. The quantitative estimate of drug-likeness (QED) is 0.116. The van der Waals surface area contributed by atoms with Crippen molar-refractivity contribution in [3.05, 3.63) is 66.6 Å². The standard InChI is InChI=1S/C25H24N10O8S/c26-13-5-3-4-12(8-13)15-9-35(33-31-15)25-29-21(27)18-22(30-25)34(11-28-18)24-20(38)19(37)17(43-24)10-42-44(40,41)32-23(39)14-6-1-2-7-16(14)36/h1-9,11,17,19-20,24,36-38H,10,26H2,(H,32,39)(H2,27,29,30)/t17-,19-,20-,24-/m0/s1. The molecule has 5 aromatic rings. The van der Waals surface area contributed by atoms with E-state index in [2.05, 4.69) is 25.3 Å². The molecule has 19 heteroatoms. The zero-order valence-corrected chi connectivity index (χ0v) is 23.2. The largest absolute Gasteiger partial charge is 0.507 e. The summed E-state index contributed by atoms with van der Waals surface area (Å²) < 4.78 is 39.5. The minimum atomic E-state index is -4.70. The number of carbonyl (C=O) groups excluding carboxylic acids is 1. The smallest absolute Gasteiger partial charge is 0.362 e. The van der Waals surface area contributed by atoms with Gasteiger partial charge >= 0.3 is 10.3 Å². The molecule has 44 heavy (non-hydrogen) atoms. The first kappa shape index (κ1) is 28.9. The van der Waals surface area contributed by atoms with Gasteiger partial charge in [0.2, 0.25) is 0 Å². The number of nitrogens with zero attached hydrogens (tertiary/aromatic N) is 7. The SMILES string of the molecule is Nc1cccc(-c2cn(-c3nc(N)c4ncn([C@H]5O[C@@H](COS(=O)(=O)NC(=O)c6ccccc6O)[C@H](O)[C@@H]5O)c4n3)nn2)c1. The normalized spacial score (nSPS) is 20.2. The number of nitrogens with two attached hydrogens (primary N) is 2. The van der Waals surface area contributed by atoms with Crippen LogP contribution in [0.3, 0.4) is 0 Å². The Morgan fingerprint density at radius 2 is 1.89 bits per heavy atom. The zero-order chi connectivity index (χ0) is 31.2. The van der Waals surface area contributed by atoms with Crippen LogP contribution in [0.25, 0.3) is 28.4 Å². The van der Waals surface area contributed by atoms with Crippen molar-refractivity contribution in [1.82, 2.24) is 39.2 Å². The second-order valence-corrected chi connectivity index (χ2v) is 11.0. The lowest BCUT2D eigenvalue weighted by Gasteiger charge is -2.16. The third-order valence-corrected chi connectivity index (χ3v) is 7.56. The van der Waals surface area contributed by atoms with Gasteiger partial charge in [-0.15, -0.1) is 5.10 Å². The Kier molecular flexibility index (Phi) is 7.31. The van der Waals surface area contributed by atoms with Gasteiger partial charge in [0.1, 0.15) is 35.3 Å². The summed E-state index contributed by atoms with van der Waals surface area (Å²) in [7, 11) is -4.70. The summed E-state index contributed by atoms with van der Waals surface area (Å²) >= 11 is 0. The number of hydrogen-bond donors (Lipinski definition) is 6. The Labute approximate surface area is 247 Å². The fourth-order valence-electron chi connectivity index (χ4n) is 4.52. The minimum Gasteiger partial charge on any atom is -0.507 e. The number of aromatic hydroxyl groups is 1. The first-order valence-corrected chi connectivity index (χ1v) is 14.2. The molecule has 2 aromatic carbocycles. The van der Waals surface area contributed by atoms with E-state index in [1.807, 2.05) is 0 Å². The number of aliphatic hydroxyl groups excluding tert-OH is 2. The maximum Gasteiger partial charge on any atom is 0.362 e. The van der Waals surface area contributed by atoms with Gasteiger partial charge in [0.05, 0.1) is 24.7 Å². The first-order valence-electron chi connectivity index (χ1n) is 12.8. The summed E-state index contributed by atoms with van der Waals surface area (Å²) in [6.07, 6.45) is -3.04. The number of phenols is 1. The highest BCUT2D eigenvalue weighted by atomic mass is 32.2. The molecule has 18 nitrogen and oxygen atoms in total. The number of carbonyl (C=O) groups is 1. The molecule has 4 atom stereocenters. The molecule has 3 aromatic heterocycles. The van der Waals surface area contributed by atoms with E-state index >= 15 is 0 Å². The van der Waals surface area contributed by atoms with Gasteiger partial charge in [0.15, 0.2) is 17.7 Å². The summed E-state index contributed by atoms with van der Waals surface area (Å²) in [5.74, 6) is -1.59. The highest BCUT2D eigenvalue weighted by Crippen LogP contribution is 2.33. The van der Waals surface area contributed by atoms with Crippen molar-refractivity contribution >= 4 is 38.9 Å². The molecule has 1 fully saturated rings. The van der Waals surface area contributed by atoms with E-state index in [-0.39, 0.29) is 28.5 Å². The number of nitrogen functional groups attached to an aromatic ring is 2. The topological polar surface area (TPSA) is 269 Å². The van der Waals surface area contributed by atoms with Crippen molar-refractivity contribution in [2.45, 2.75) is 24.5 Å². The predicted molar refractivity (Wildman–Crippen MR) is 151 cm³/mol. The van der Waals surface area contributed by atoms with Gasteiger partial charge in [-0.3, -0.25) is 13.5 Å². The number of aromatic nitrogens is 7. The van der Waals surface area contributed by atoms with Crippen molar-refractivity contribution in [1.29, 1.82) is 0 Å². The van der Waals surface area contributed by atoms with Gasteiger partial charge in [-0.2, -0.15) is 23.1 Å². The van der Waals surface area contributed by atoms with Gasteiger partial charge in [-0.1, -0.05) is 29.5 Å². The monoisotopic (exact) mass is 624 g/mol. The molecule has 1 amide bonds. The number of benzene rings is 2. The van der Waals surface area contributed by atoms with Gasteiger partial charge in [0, 0.05) is 11.3 Å². The van der Waals surface area contributed by atoms with Crippen LogP contribution in [0.1, 0.15) is 16.6 Å². The van der Waals surface area contributed by atoms with Crippen LogP contribution in [-0.2, 0) is 19.2 Å². The number of anilines is 2. The van der Waals surface area contributed by atoms with Gasteiger partial charge in [-0.25, -0.2) is 9.71 Å². The summed E-state index contributed by atoms with van der Waals surface area (Å²) in [6, 6.07) is 12.3. The molecule has 0 bridgehead atoms. The molecule has 0 aliphatic carbocycles. The lowest BCUT2D eigenvalue weighted by molar-refractivity contribution is -0.0468. The summed E-state index contributed by atoms with van der Waals surface area (Å²) in [5.41, 5.74) is 13.7. The fraction of sp³-hybridized carbons (Fsp3) is 0.200. The molecule has 0 unspecified atom stereocenters. The number of imidazole rings is 1. The third kappa shape index (κ3) is 5.47. The van der Waals surface area contributed by atoms with Crippen LogP contribution in [0.2, 0.25) is 0 Å². The Morgan fingerprint density at radius 3 is 2.66 bits per heavy atom. The summed E-state index contributed by atoms with van der Waals surface area (Å²) in [5, 5.41) is 39.4. The highest BCUT2D eigenvalue weighted by molar-refractivity contribution is 7.85. The highest BCUT2D eigenvalue weighted by Gasteiger charge is 2.45. The zero-order valence-electron chi connectivity index (χ0n) is 22.4.